The molecule has 1 saturated heterocycles. The lowest BCUT2D eigenvalue weighted by Gasteiger charge is -2.33. The number of hydrogen-bond acceptors (Lipinski definition) is 6. The van der Waals surface area contributed by atoms with Crippen molar-refractivity contribution >= 4 is 28.2 Å². The number of piperidine rings is 1. The number of rotatable bonds is 6. The Labute approximate surface area is 213 Å². The van der Waals surface area contributed by atoms with Crippen LogP contribution < -0.4 is 16.0 Å². The van der Waals surface area contributed by atoms with Gasteiger partial charge in [0.2, 0.25) is 11.7 Å². The van der Waals surface area contributed by atoms with Gasteiger partial charge in [-0.05, 0) is 42.5 Å². The van der Waals surface area contributed by atoms with Crippen molar-refractivity contribution in [2.24, 2.45) is 0 Å². The standard InChI is InChI=1S/C25H23F5N6O2/c26-24(27)8-10-35(11-9-24)16-6-4-15(5-7-16)23(37)32-13-21-33-22(34-38-21)20-12-17-18(31)2-1-3-19(17)36(20)14-25(28,29)30/h1-7,12H,8-11,13-14,31H2,(H,32,37). The van der Waals surface area contributed by atoms with Crippen LogP contribution in [0.2, 0.25) is 0 Å². The van der Waals surface area contributed by atoms with E-state index in [2.05, 4.69) is 15.5 Å². The summed E-state index contributed by atoms with van der Waals surface area (Å²) in [6.45, 7) is -0.971. The number of anilines is 2. The predicted octanol–water partition coefficient (Wildman–Crippen LogP) is 5.00. The molecule has 5 rings (SSSR count). The fourth-order valence-electron chi connectivity index (χ4n) is 4.45. The van der Waals surface area contributed by atoms with Gasteiger partial charge in [0.25, 0.3) is 11.8 Å². The SMILES string of the molecule is Nc1cccc2c1cc(-c1noc(CNC(=O)c3ccc(N4CCC(F)(F)CC4)cc3)n1)n2CC(F)(F)F. The van der Waals surface area contributed by atoms with Gasteiger partial charge in [-0.25, -0.2) is 8.78 Å². The summed E-state index contributed by atoms with van der Waals surface area (Å²) in [6, 6.07) is 12.7. The Morgan fingerprint density at radius 1 is 1.11 bits per heavy atom. The van der Waals surface area contributed by atoms with Gasteiger partial charge < -0.3 is 25.0 Å². The predicted molar refractivity (Wildman–Crippen MR) is 130 cm³/mol. The Bertz CT molecular complexity index is 1450. The molecule has 0 atom stereocenters. The zero-order valence-corrected chi connectivity index (χ0v) is 19.9. The van der Waals surface area contributed by atoms with Crippen molar-refractivity contribution < 1.29 is 31.3 Å². The lowest BCUT2D eigenvalue weighted by Crippen LogP contribution is -2.39. The van der Waals surface area contributed by atoms with E-state index in [1.165, 1.54) is 12.1 Å². The molecule has 3 N–H and O–H groups in total. The first-order valence-corrected chi connectivity index (χ1v) is 11.8. The highest BCUT2D eigenvalue weighted by Gasteiger charge is 2.34. The molecule has 38 heavy (non-hydrogen) atoms. The van der Waals surface area contributed by atoms with Crippen LogP contribution in [0.1, 0.15) is 29.1 Å². The van der Waals surface area contributed by atoms with Crippen molar-refractivity contribution in [3.63, 3.8) is 0 Å². The molecule has 0 aliphatic carbocycles. The third-order valence-corrected chi connectivity index (χ3v) is 6.40. The first kappa shape index (κ1) is 25.5. The summed E-state index contributed by atoms with van der Waals surface area (Å²) in [7, 11) is 0. The molecule has 4 aromatic rings. The van der Waals surface area contributed by atoms with Crippen molar-refractivity contribution in [1.82, 2.24) is 20.0 Å². The van der Waals surface area contributed by atoms with Gasteiger partial charge >= 0.3 is 6.18 Å². The number of carbonyl (C=O) groups excluding carboxylic acids is 1. The number of aromatic nitrogens is 3. The molecular weight excluding hydrogens is 511 g/mol. The van der Waals surface area contributed by atoms with E-state index in [9.17, 15) is 26.7 Å². The average Bonchev–Trinajstić information content (AvgIpc) is 3.47. The molecule has 8 nitrogen and oxygen atoms in total. The molecule has 0 saturated carbocycles. The van der Waals surface area contributed by atoms with Crippen LogP contribution in [0.5, 0.6) is 0 Å². The molecular formula is C25H23F5N6O2. The molecule has 0 spiro atoms. The second-order valence-corrected chi connectivity index (χ2v) is 9.10. The molecule has 0 bridgehead atoms. The third kappa shape index (κ3) is 5.41. The Balaban J connectivity index is 1.27. The van der Waals surface area contributed by atoms with Crippen LogP contribution in [0.3, 0.4) is 0 Å². The number of amides is 1. The first-order valence-electron chi connectivity index (χ1n) is 11.8. The van der Waals surface area contributed by atoms with Crippen LogP contribution >= 0.6 is 0 Å². The molecule has 1 aliphatic rings. The smallest absolute Gasteiger partial charge is 0.398 e. The number of alkyl halides is 5. The Kier molecular flexibility index (Phi) is 6.45. The maximum atomic E-state index is 13.4. The summed E-state index contributed by atoms with van der Waals surface area (Å²) in [4.78, 5) is 18.6. The van der Waals surface area contributed by atoms with E-state index in [0.29, 0.717) is 16.6 Å². The van der Waals surface area contributed by atoms with Crippen LogP contribution in [0.4, 0.5) is 33.3 Å². The number of carbonyl (C=O) groups is 1. The van der Waals surface area contributed by atoms with Crippen LogP contribution in [0.25, 0.3) is 22.4 Å². The molecule has 1 fully saturated rings. The van der Waals surface area contributed by atoms with Crippen LogP contribution in [-0.4, -0.2) is 45.8 Å². The van der Waals surface area contributed by atoms with E-state index in [4.69, 9.17) is 10.3 Å². The van der Waals surface area contributed by atoms with E-state index in [-0.39, 0.29) is 55.4 Å². The molecule has 3 heterocycles. The van der Waals surface area contributed by atoms with E-state index < -0.39 is 24.6 Å². The number of fused-ring (bicyclic) bond motifs is 1. The minimum absolute atomic E-state index is 0.00370. The zero-order chi connectivity index (χ0) is 27.1. The van der Waals surface area contributed by atoms with Gasteiger partial charge in [0, 0.05) is 48.3 Å². The molecule has 1 amide bonds. The number of benzene rings is 2. The summed E-state index contributed by atoms with van der Waals surface area (Å²) in [5, 5.41) is 6.85. The Hall–Kier alpha value is -4.16. The fraction of sp³-hybridized carbons (Fsp3) is 0.320. The average molecular weight is 534 g/mol. The molecule has 2 aromatic carbocycles. The van der Waals surface area contributed by atoms with Crippen LogP contribution in [-0.2, 0) is 13.1 Å². The second-order valence-electron chi connectivity index (χ2n) is 9.10. The number of nitrogens with zero attached hydrogens (tertiary/aromatic N) is 4. The topological polar surface area (TPSA) is 102 Å². The highest BCUT2D eigenvalue weighted by molar-refractivity contribution is 5.95. The molecule has 2 aromatic heterocycles. The highest BCUT2D eigenvalue weighted by Crippen LogP contribution is 2.33. The Morgan fingerprint density at radius 3 is 2.50 bits per heavy atom. The number of halogens is 5. The van der Waals surface area contributed by atoms with Gasteiger partial charge in [-0.1, -0.05) is 11.2 Å². The first-order chi connectivity index (χ1) is 18.0. The lowest BCUT2D eigenvalue weighted by molar-refractivity contribution is -0.139. The number of nitrogen functional groups attached to an aromatic ring is 1. The molecule has 13 heteroatoms. The summed E-state index contributed by atoms with van der Waals surface area (Å²) < 4.78 is 72.8. The van der Waals surface area contributed by atoms with Gasteiger partial charge in [0.1, 0.15) is 6.54 Å². The molecule has 0 unspecified atom stereocenters. The normalized spacial score (nSPS) is 15.7. The maximum Gasteiger partial charge on any atom is 0.406 e. The van der Waals surface area contributed by atoms with E-state index >= 15 is 0 Å². The quantitative estimate of drug-likeness (QED) is 0.267. The van der Waals surface area contributed by atoms with Gasteiger partial charge in [0.05, 0.1) is 17.8 Å². The molecule has 0 radical (unpaired) electrons. The van der Waals surface area contributed by atoms with Crippen molar-refractivity contribution in [3.05, 3.63) is 60.0 Å². The monoisotopic (exact) mass is 534 g/mol. The summed E-state index contributed by atoms with van der Waals surface area (Å²) >= 11 is 0. The van der Waals surface area contributed by atoms with E-state index in [1.807, 2.05) is 4.90 Å². The van der Waals surface area contributed by atoms with Gasteiger partial charge in [-0.15, -0.1) is 0 Å². The highest BCUT2D eigenvalue weighted by atomic mass is 19.4. The summed E-state index contributed by atoms with van der Waals surface area (Å²) in [6.07, 6.45) is -4.93. The van der Waals surface area contributed by atoms with Crippen molar-refractivity contribution in [3.8, 4) is 11.5 Å². The van der Waals surface area contributed by atoms with E-state index in [1.54, 1.807) is 36.4 Å². The summed E-state index contributed by atoms with van der Waals surface area (Å²) in [5.41, 5.74) is 7.68. The van der Waals surface area contributed by atoms with E-state index in [0.717, 1.165) is 10.3 Å². The van der Waals surface area contributed by atoms with Gasteiger partial charge in [-0.3, -0.25) is 4.79 Å². The third-order valence-electron chi connectivity index (χ3n) is 6.40. The zero-order valence-electron chi connectivity index (χ0n) is 19.9. The van der Waals surface area contributed by atoms with Crippen LogP contribution in [0.15, 0.2) is 53.1 Å². The largest absolute Gasteiger partial charge is 0.406 e. The minimum Gasteiger partial charge on any atom is -0.398 e. The van der Waals surface area contributed by atoms with Crippen molar-refractivity contribution in [1.29, 1.82) is 0 Å². The van der Waals surface area contributed by atoms with Crippen molar-refractivity contribution in [2.45, 2.75) is 38.0 Å². The summed E-state index contributed by atoms with van der Waals surface area (Å²) in [5.74, 6) is -3.17. The number of nitrogens with one attached hydrogen (secondary N) is 1. The second kappa shape index (κ2) is 9.62. The lowest BCUT2D eigenvalue weighted by atomic mass is 10.1. The Morgan fingerprint density at radius 2 is 1.82 bits per heavy atom. The molecule has 1 aliphatic heterocycles. The van der Waals surface area contributed by atoms with Gasteiger partial charge in [0.15, 0.2) is 0 Å². The molecule has 200 valence electrons. The minimum atomic E-state index is -4.50. The maximum absolute atomic E-state index is 13.4. The number of hydrogen-bond donors (Lipinski definition) is 2. The van der Waals surface area contributed by atoms with Crippen LogP contribution in [0, 0.1) is 0 Å². The van der Waals surface area contributed by atoms with Crippen molar-refractivity contribution in [2.75, 3.05) is 23.7 Å². The van der Waals surface area contributed by atoms with Gasteiger partial charge in [-0.2, -0.15) is 18.2 Å². The fourth-order valence-corrected chi connectivity index (χ4v) is 4.45. The number of nitrogens with two attached hydrogens (primary N) is 1.